The number of rotatable bonds is 4. The van der Waals surface area contributed by atoms with Gasteiger partial charge in [-0.3, -0.25) is 9.36 Å². The van der Waals surface area contributed by atoms with Crippen molar-refractivity contribution in [2.45, 2.75) is 18.5 Å². The van der Waals surface area contributed by atoms with E-state index in [0.29, 0.717) is 17.1 Å². The maximum atomic E-state index is 12.6. The first-order chi connectivity index (χ1) is 12.7. The van der Waals surface area contributed by atoms with Crippen LogP contribution < -0.4 is 16.2 Å². The highest BCUT2D eigenvalue weighted by Crippen LogP contribution is 2.28. The molecule has 0 spiro atoms. The van der Waals surface area contributed by atoms with Crippen LogP contribution >= 0.6 is 11.6 Å². The second kappa shape index (κ2) is 7.25. The number of hydrogen-bond acceptors (Lipinski definition) is 5. The van der Waals surface area contributed by atoms with E-state index in [1.165, 1.54) is 0 Å². The number of nitrogens with zero attached hydrogens (tertiary/aromatic N) is 3. The van der Waals surface area contributed by atoms with E-state index >= 15 is 0 Å². The molecule has 1 amide bonds. The van der Waals surface area contributed by atoms with Gasteiger partial charge in [0.25, 0.3) is 0 Å². The Morgan fingerprint density at radius 2 is 1.92 bits per heavy atom. The molecule has 3 aromatic rings. The van der Waals surface area contributed by atoms with Gasteiger partial charge in [0.05, 0.1) is 5.69 Å². The molecular weight excluding hydrogens is 352 g/mol. The summed E-state index contributed by atoms with van der Waals surface area (Å²) in [6.45, 7) is 0. The monoisotopic (exact) mass is 368 g/mol. The van der Waals surface area contributed by atoms with E-state index in [4.69, 9.17) is 11.6 Å². The van der Waals surface area contributed by atoms with E-state index in [2.05, 4.69) is 26.4 Å². The average Bonchev–Trinajstić information content (AvgIpc) is 3.35. The maximum absolute atomic E-state index is 12.6. The highest BCUT2D eigenvalue weighted by Gasteiger charge is 2.31. The molecule has 2 atom stereocenters. The van der Waals surface area contributed by atoms with Crippen LogP contribution in [0, 0.1) is 0 Å². The molecule has 0 bridgehead atoms. The highest BCUT2D eigenvalue weighted by molar-refractivity contribution is 6.31. The van der Waals surface area contributed by atoms with Crippen molar-refractivity contribution in [1.82, 2.24) is 25.6 Å². The SMILES string of the molecule is O=C(Nc1cccc(-n2cnnc2)c1)C1CC(c2ccccc2Cl)NN1. The number of halogens is 1. The summed E-state index contributed by atoms with van der Waals surface area (Å²) in [5.41, 5.74) is 8.76. The van der Waals surface area contributed by atoms with Crippen LogP contribution in [-0.4, -0.2) is 26.7 Å². The number of anilines is 1. The van der Waals surface area contributed by atoms with Gasteiger partial charge in [-0.2, -0.15) is 0 Å². The lowest BCUT2D eigenvalue weighted by Crippen LogP contribution is -2.39. The van der Waals surface area contributed by atoms with Crippen LogP contribution in [0.1, 0.15) is 18.0 Å². The van der Waals surface area contributed by atoms with Gasteiger partial charge in [0.2, 0.25) is 5.91 Å². The van der Waals surface area contributed by atoms with Crippen molar-refractivity contribution < 1.29 is 4.79 Å². The molecule has 2 aromatic carbocycles. The van der Waals surface area contributed by atoms with Crippen LogP contribution in [0.4, 0.5) is 5.69 Å². The number of benzene rings is 2. The lowest BCUT2D eigenvalue weighted by atomic mass is 10.0. The summed E-state index contributed by atoms with van der Waals surface area (Å²) in [5.74, 6) is -0.104. The van der Waals surface area contributed by atoms with Crippen LogP contribution in [0.5, 0.6) is 0 Å². The van der Waals surface area contributed by atoms with Crippen molar-refractivity contribution in [1.29, 1.82) is 0 Å². The van der Waals surface area contributed by atoms with Crippen LogP contribution in [0.3, 0.4) is 0 Å². The smallest absolute Gasteiger partial charge is 0.242 e. The van der Waals surface area contributed by atoms with Crippen LogP contribution in [0.15, 0.2) is 61.2 Å². The lowest BCUT2D eigenvalue weighted by molar-refractivity contribution is -0.117. The number of aromatic nitrogens is 3. The van der Waals surface area contributed by atoms with E-state index in [0.717, 1.165) is 11.3 Å². The number of carbonyl (C=O) groups excluding carboxylic acids is 1. The summed E-state index contributed by atoms with van der Waals surface area (Å²) in [5, 5.41) is 11.2. The molecule has 7 nitrogen and oxygen atoms in total. The van der Waals surface area contributed by atoms with Gasteiger partial charge in [-0.25, -0.2) is 10.9 Å². The molecule has 1 aromatic heterocycles. The molecule has 0 aliphatic carbocycles. The Kier molecular flexibility index (Phi) is 4.66. The Hall–Kier alpha value is -2.74. The molecule has 1 aliphatic heterocycles. The fraction of sp³-hybridized carbons (Fsp3) is 0.167. The summed E-state index contributed by atoms with van der Waals surface area (Å²) in [6.07, 6.45) is 3.83. The molecule has 132 valence electrons. The van der Waals surface area contributed by atoms with Crippen LogP contribution in [0.25, 0.3) is 5.69 Å². The predicted octanol–water partition coefficient (Wildman–Crippen LogP) is 2.47. The maximum Gasteiger partial charge on any atom is 0.242 e. The Labute approximate surface area is 155 Å². The average molecular weight is 369 g/mol. The molecule has 0 saturated carbocycles. The molecule has 26 heavy (non-hydrogen) atoms. The first-order valence-electron chi connectivity index (χ1n) is 8.22. The van der Waals surface area contributed by atoms with Crippen LogP contribution in [0.2, 0.25) is 5.02 Å². The standard InChI is InChI=1S/C18H17ClN6O/c19-15-7-2-1-6-14(15)16-9-17(24-23-16)18(26)22-12-4-3-5-13(8-12)25-10-20-21-11-25/h1-8,10-11,16-17,23-24H,9H2,(H,22,26). The third-order valence-electron chi connectivity index (χ3n) is 4.33. The third-order valence-corrected chi connectivity index (χ3v) is 4.68. The minimum absolute atomic E-state index is 0.0113. The van der Waals surface area contributed by atoms with E-state index in [1.54, 1.807) is 17.2 Å². The van der Waals surface area contributed by atoms with Crippen molar-refractivity contribution >= 4 is 23.2 Å². The second-order valence-electron chi connectivity index (χ2n) is 6.06. The number of hydrogen-bond donors (Lipinski definition) is 3. The molecule has 2 unspecified atom stereocenters. The van der Waals surface area contributed by atoms with E-state index in [1.807, 2.05) is 48.5 Å². The minimum atomic E-state index is -0.352. The van der Waals surface area contributed by atoms with E-state index in [9.17, 15) is 4.79 Å². The zero-order valence-electron chi connectivity index (χ0n) is 13.8. The summed E-state index contributed by atoms with van der Waals surface area (Å²) >= 11 is 6.25. The predicted molar refractivity (Wildman–Crippen MR) is 98.9 cm³/mol. The zero-order chi connectivity index (χ0) is 17.9. The molecule has 1 saturated heterocycles. The Morgan fingerprint density at radius 3 is 2.73 bits per heavy atom. The van der Waals surface area contributed by atoms with Crippen molar-refractivity contribution in [3.05, 3.63) is 71.8 Å². The third kappa shape index (κ3) is 3.45. The molecule has 2 heterocycles. The van der Waals surface area contributed by atoms with Gasteiger partial charge >= 0.3 is 0 Å². The topological polar surface area (TPSA) is 83.9 Å². The summed E-state index contributed by atoms with van der Waals surface area (Å²) in [6, 6.07) is 14.8. The van der Waals surface area contributed by atoms with E-state index < -0.39 is 0 Å². The first kappa shape index (κ1) is 16.7. The minimum Gasteiger partial charge on any atom is -0.325 e. The molecule has 8 heteroatoms. The summed E-state index contributed by atoms with van der Waals surface area (Å²) in [4.78, 5) is 12.6. The van der Waals surface area contributed by atoms with Gasteiger partial charge in [0.15, 0.2) is 0 Å². The Bertz CT molecular complexity index is 914. The van der Waals surface area contributed by atoms with Crippen LogP contribution in [-0.2, 0) is 4.79 Å². The molecule has 3 N–H and O–H groups in total. The molecule has 0 radical (unpaired) electrons. The Morgan fingerprint density at radius 1 is 1.12 bits per heavy atom. The van der Waals surface area contributed by atoms with Crippen molar-refractivity contribution in [2.24, 2.45) is 0 Å². The fourth-order valence-corrected chi connectivity index (χ4v) is 3.26. The van der Waals surface area contributed by atoms with Gasteiger partial charge in [-0.15, -0.1) is 10.2 Å². The first-order valence-corrected chi connectivity index (χ1v) is 8.60. The normalized spacial score (nSPS) is 19.4. The molecule has 1 aliphatic rings. The van der Waals surface area contributed by atoms with Crippen molar-refractivity contribution in [3.63, 3.8) is 0 Å². The van der Waals surface area contributed by atoms with E-state index in [-0.39, 0.29) is 18.0 Å². The van der Waals surface area contributed by atoms with Gasteiger partial charge in [-0.05, 0) is 36.2 Å². The second-order valence-corrected chi connectivity index (χ2v) is 6.47. The van der Waals surface area contributed by atoms with Gasteiger partial charge in [-0.1, -0.05) is 35.9 Å². The zero-order valence-corrected chi connectivity index (χ0v) is 14.5. The molecule has 1 fully saturated rings. The number of hydrazine groups is 1. The van der Waals surface area contributed by atoms with Gasteiger partial charge < -0.3 is 5.32 Å². The summed E-state index contributed by atoms with van der Waals surface area (Å²) in [7, 11) is 0. The molecular formula is C18H17ClN6O. The molecule has 4 rings (SSSR count). The highest BCUT2D eigenvalue weighted by atomic mass is 35.5. The number of nitrogens with one attached hydrogen (secondary N) is 3. The lowest BCUT2D eigenvalue weighted by Gasteiger charge is -2.12. The fourth-order valence-electron chi connectivity index (χ4n) is 3.00. The quantitative estimate of drug-likeness (QED) is 0.659. The van der Waals surface area contributed by atoms with Gasteiger partial charge in [0.1, 0.15) is 18.7 Å². The summed E-state index contributed by atoms with van der Waals surface area (Å²) < 4.78 is 1.78. The largest absolute Gasteiger partial charge is 0.325 e. The number of carbonyl (C=O) groups is 1. The van der Waals surface area contributed by atoms with Crippen molar-refractivity contribution in [2.75, 3.05) is 5.32 Å². The number of amides is 1. The Balaban J connectivity index is 1.43. The van der Waals surface area contributed by atoms with Gasteiger partial charge in [0, 0.05) is 16.8 Å². The van der Waals surface area contributed by atoms with Crippen molar-refractivity contribution in [3.8, 4) is 5.69 Å².